The molecule has 0 aromatic heterocycles. The first-order chi connectivity index (χ1) is 8.00. The van der Waals surface area contributed by atoms with Gasteiger partial charge in [-0.25, -0.2) is 4.79 Å². The van der Waals surface area contributed by atoms with Crippen molar-refractivity contribution in [2.45, 2.75) is 26.7 Å². The molecule has 1 aliphatic heterocycles. The second-order valence-electron chi connectivity index (χ2n) is 4.35. The SMILES string of the molecule is CC(C)CCC1=CCOC=C1C(=O)NC(N)=O. The van der Waals surface area contributed by atoms with Crippen molar-refractivity contribution in [2.75, 3.05) is 6.61 Å². The van der Waals surface area contributed by atoms with Crippen LogP contribution >= 0.6 is 0 Å². The van der Waals surface area contributed by atoms with Gasteiger partial charge >= 0.3 is 6.03 Å². The lowest BCUT2D eigenvalue weighted by Crippen LogP contribution is -2.36. The molecule has 5 heteroatoms. The number of amides is 3. The highest BCUT2D eigenvalue weighted by molar-refractivity contribution is 6.05. The van der Waals surface area contributed by atoms with Crippen LogP contribution in [0.25, 0.3) is 0 Å². The fourth-order valence-electron chi connectivity index (χ4n) is 1.53. The molecule has 0 unspecified atom stereocenters. The lowest BCUT2D eigenvalue weighted by molar-refractivity contribution is -0.116. The fraction of sp³-hybridized carbons (Fsp3) is 0.500. The van der Waals surface area contributed by atoms with Gasteiger partial charge in [0, 0.05) is 0 Å². The first-order valence-corrected chi connectivity index (χ1v) is 5.62. The Bertz CT molecular complexity index is 370. The Morgan fingerprint density at radius 2 is 2.24 bits per heavy atom. The Morgan fingerprint density at radius 3 is 2.82 bits per heavy atom. The molecule has 1 rings (SSSR count). The number of carbonyl (C=O) groups is 2. The number of ether oxygens (including phenoxy) is 1. The third-order valence-corrected chi connectivity index (χ3v) is 2.45. The van der Waals surface area contributed by atoms with Gasteiger partial charge in [-0.15, -0.1) is 0 Å². The average molecular weight is 238 g/mol. The third-order valence-electron chi connectivity index (χ3n) is 2.45. The van der Waals surface area contributed by atoms with Gasteiger partial charge in [-0.05, 0) is 30.4 Å². The molecule has 17 heavy (non-hydrogen) atoms. The minimum Gasteiger partial charge on any atom is -0.496 e. The van der Waals surface area contributed by atoms with Crippen molar-refractivity contribution in [1.29, 1.82) is 0 Å². The maximum Gasteiger partial charge on any atom is 0.319 e. The van der Waals surface area contributed by atoms with Crippen molar-refractivity contribution in [3.63, 3.8) is 0 Å². The highest BCUT2D eigenvalue weighted by Crippen LogP contribution is 2.22. The summed E-state index contributed by atoms with van der Waals surface area (Å²) in [5.74, 6) is 0.0476. The average Bonchev–Trinajstić information content (AvgIpc) is 2.25. The summed E-state index contributed by atoms with van der Waals surface area (Å²) in [6.07, 6.45) is 5.01. The molecule has 0 fully saturated rings. The molecule has 3 N–H and O–H groups in total. The van der Waals surface area contributed by atoms with Crippen molar-refractivity contribution in [3.05, 3.63) is 23.5 Å². The quantitative estimate of drug-likeness (QED) is 0.777. The zero-order valence-corrected chi connectivity index (χ0v) is 10.2. The number of nitrogens with one attached hydrogen (secondary N) is 1. The van der Waals surface area contributed by atoms with Crippen LogP contribution < -0.4 is 11.1 Å². The van der Waals surface area contributed by atoms with E-state index < -0.39 is 11.9 Å². The van der Waals surface area contributed by atoms with Crippen LogP contribution in [0.15, 0.2) is 23.5 Å². The smallest absolute Gasteiger partial charge is 0.319 e. The summed E-state index contributed by atoms with van der Waals surface area (Å²) in [4.78, 5) is 22.3. The summed E-state index contributed by atoms with van der Waals surface area (Å²) in [6.45, 7) is 4.69. The van der Waals surface area contributed by atoms with Crippen molar-refractivity contribution in [1.82, 2.24) is 5.32 Å². The maximum absolute atomic E-state index is 11.7. The number of imide groups is 1. The normalized spacial score (nSPS) is 14.8. The second-order valence-corrected chi connectivity index (χ2v) is 4.35. The number of primary amides is 1. The van der Waals surface area contributed by atoms with Crippen LogP contribution in [0.2, 0.25) is 0 Å². The molecule has 1 heterocycles. The van der Waals surface area contributed by atoms with E-state index in [-0.39, 0.29) is 0 Å². The zero-order chi connectivity index (χ0) is 12.8. The Kier molecular flexibility index (Phi) is 4.75. The van der Waals surface area contributed by atoms with E-state index in [9.17, 15) is 9.59 Å². The van der Waals surface area contributed by atoms with Crippen LogP contribution in [-0.2, 0) is 9.53 Å². The molecule has 1 aliphatic rings. The molecule has 3 amide bonds. The predicted molar refractivity (Wildman–Crippen MR) is 63.9 cm³/mol. The summed E-state index contributed by atoms with van der Waals surface area (Å²) in [7, 11) is 0. The van der Waals surface area contributed by atoms with Crippen molar-refractivity contribution < 1.29 is 14.3 Å². The Labute approximate surface area is 101 Å². The standard InChI is InChI=1S/C12H18N2O3/c1-8(2)3-4-9-5-6-17-7-10(9)11(15)14-12(13)16/h5,7-8H,3-4,6H2,1-2H3,(H3,13,14,15,16). The molecule has 5 nitrogen and oxygen atoms in total. The molecular weight excluding hydrogens is 220 g/mol. The summed E-state index contributed by atoms with van der Waals surface area (Å²) in [5, 5.41) is 2.04. The van der Waals surface area contributed by atoms with Gasteiger partial charge in [0.1, 0.15) is 6.61 Å². The number of urea groups is 1. The highest BCUT2D eigenvalue weighted by atomic mass is 16.5. The van der Waals surface area contributed by atoms with Gasteiger partial charge in [-0.2, -0.15) is 0 Å². The topological polar surface area (TPSA) is 81.4 Å². The largest absolute Gasteiger partial charge is 0.496 e. The van der Waals surface area contributed by atoms with E-state index in [2.05, 4.69) is 13.8 Å². The summed E-state index contributed by atoms with van der Waals surface area (Å²) in [6, 6.07) is -0.857. The van der Waals surface area contributed by atoms with Crippen LogP contribution in [0, 0.1) is 5.92 Å². The molecule has 0 atom stereocenters. The van der Waals surface area contributed by atoms with Crippen molar-refractivity contribution >= 4 is 11.9 Å². The van der Waals surface area contributed by atoms with E-state index in [1.807, 2.05) is 11.4 Å². The molecule has 0 saturated heterocycles. The summed E-state index contributed by atoms with van der Waals surface area (Å²) < 4.78 is 5.07. The van der Waals surface area contributed by atoms with Crippen LogP contribution in [-0.4, -0.2) is 18.5 Å². The summed E-state index contributed by atoms with van der Waals surface area (Å²) >= 11 is 0. The molecular formula is C12H18N2O3. The molecule has 0 aromatic carbocycles. The van der Waals surface area contributed by atoms with E-state index in [1.165, 1.54) is 6.26 Å². The van der Waals surface area contributed by atoms with Crippen LogP contribution in [0.4, 0.5) is 4.79 Å². The molecule has 0 radical (unpaired) electrons. The van der Waals surface area contributed by atoms with E-state index in [1.54, 1.807) is 0 Å². The minimum absolute atomic E-state index is 0.385. The van der Waals surface area contributed by atoms with Gasteiger partial charge < -0.3 is 10.5 Å². The number of hydrogen-bond acceptors (Lipinski definition) is 3. The first kappa shape index (κ1) is 13.3. The number of carbonyl (C=O) groups excluding carboxylic acids is 2. The van der Waals surface area contributed by atoms with Crippen molar-refractivity contribution in [2.24, 2.45) is 11.7 Å². The first-order valence-electron chi connectivity index (χ1n) is 5.62. The maximum atomic E-state index is 11.7. The van der Waals surface area contributed by atoms with Crippen LogP contribution in [0.1, 0.15) is 26.7 Å². The van der Waals surface area contributed by atoms with Gasteiger partial charge in [0.15, 0.2) is 0 Å². The highest BCUT2D eigenvalue weighted by Gasteiger charge is 2.18. The fourth-order valence-corrected chi connectivity index (χ4v) is 1.53. The van der Waals surface area contributed by atoms with Gasteiger partial charge in [0.25, 0.3) is 5.91 Å². The Hall–Kier alpha value is -1.78. The molecule has 94 valence electrons. The lowest BCUT2D eigenvalue weighted by Gasteiger charge is -2.16. The van der Waals surface area contributed by atoms with E-state index in [0.717, 1.165) is 18.4 Å². The monoisotopic (exact) mass is 238 g/mol. The summed E-state index contributed by atoms with van der Waals surface area (Å²) in [5.41, 5.74) is 6.20. The number of rotatable bonds is 4. The van der Waals surface area contributed by atoms with Crippen LogP contribution in [0.3, 0.4) is 0 Å². The van der Waals surface area contributed by atoms with Gasteiger partial charge in [-0.3, -0.25) is 10.1 Å². The number of hydrogen-bond donors (Lipinski definition) is 2. The number of nitrogens with two attached hydrogens (primary N) is 1. The molecule has 0 aliphatic carbocycles. The molecule has 0 bridgehead atoms. The third kappa shape index (κ3) is 4.30. The van der Waals surface area contributed by atoms with Crippen LogP contribution in [0.5, 0.6) is 0 Å². The van der Waals surface area contributed by atoms with E-state index in [4.69, 9.17) is 10.5 Å². The van der Waals surface area contributed by atoms with Gasteiger partial charge in [-0.1, -0.05) is 13.8 Å². The lowest BCUT2D eigenvalue weighted by atomic mass is 9.96. The zero-order valence-electron chi connectivity index (χ0n) is 10.2. The minimum atomic E-state index is -0.857. The predicted octanol–water partition coefficient (Wildman–Crippen LogP) is 1.46. The Morgan fingerprint density at radius 1 is 1.53 bits per heavy atom. The molecule has 0 saturated carbocycles. The molecule has 0 spiro atoms. The van der Waals surface area contributed by atoms with E-state index >= 15 is 0 Å². The van der Waals surface area contributed by atoms with Gasteiger partial charge in [0.05, 0.1) is 11.8 Å². The Balaban J connectivity index is 2.68. The van der Waals surface area contributed by atoms with Crippen molar-refractivity contribution in [3.8, 4) is 0 Å². The molecule has 0 aromatic rings. The second kappa shape index (κ2) is 6.08. The van der Waals surface area contributed by atoms with E-state index in [0.29, 0.717) is 18.1 Å². The van der Waals surface area contributed by atoms with Gasteiger partial charge in [0.2, 0.25) is 0 Å².